The minimum atomic E-state index is -0.271. The van der Waals surface area contributed by atoms with E-state index >= 15 is 0 Å². The first-order valence-electron chi connectivity index (χ1n) is 8.49. The molecule has 2 aromatic heterocycles. The average Bonchev–Trinajstić information content (AvgIpc) is 2.62. The molecule has 0 unspecified atom stereocenters. The van der Waals surface area contributed by atoms with E-state index in [1.165, 1.54) is 5.56 Å². The Hall–Kier alpha value is -2.95. The Morgan fingerprint density at radius 2 is 1.96 bits per heavy atom. The first-order chi connectivity index (χ1) is 12.1. The quantitative estimate of drug-likeness (QED) is 0.784. The van der Waals surface area contributed by atoms with Crippen molar-refractivity contribution in [3.8, 4) is 0 Å². The number of aromatic nitrogens is 2. The van der Waals surface area contributed by atoms with E-state index < -0.39 is 0 Å². The Morgan fingerprint density at radius 1 is 1.20 bits per heavy atom. The smallest absolute Gasteiger partial charge is 0.279 e. The van der Waals surface area contributed by atoms with Crippen molar-refractivity contribution < 1.29 is 4.79 Å². The van der Waals surface area contributed by atoms with Crippen LogP contribution < -0.4 is 10.9 Å². The van der Waals surface area contributed by atoms with Crippen LogP contribution >= 0.6 is 0 Å². The lowest BCUT2D eigenvalue weighted by atomic mass is 9.86. The van der Waals surface area contributed by atoms with Gasteiger partial charge in [-0.1, -0.05) is 37.3 Å². The lowest BCUT2D eigenvalue weighted by Gasteiger charge is -2.26. The van der Waals surface area contributed by atoms with E-state index in [0.717, 1.165) is 17.5 Å². The van der Waals surface area contributed by atoms with Gasteiger partial charge in [-0.25, -0.2) is 0 Å². The normalized spacial score (nSPS) is 16.6. The first kappa shape index (κ1) is 15.6. The minimum Gasteiger partial charge on any atom is -0.311 e. The highest BCUT2D eigenvalue weighted by Gasteiger charge is 2.31. The van der Waals surface area contributed by atoms with Crippen LogP contribution in [0.25, 0.3) is 5.65 Å². The molecule has 3 aromatic rings. The summed E-state index contributed by atoms with van der Waals surface area (Å²) in [6.45, 7) is 4.00. The lowest BCUT2D eigenvalue weighted by Crippen LogP contribution is -2.32. The number of benzene rings is 1. The highest BCUT2D eigenvalue weighted by atomic mass is 16.2. The Kier molecular flexibility index (Phi) is 3.64. The number of hydrogen-bond donors (Lipinski definition) is 1. The van der Waals surface area contributed by atoms with Crippen molar-refractivity contribution in [1.82, 2.24) is 9.38 Å². The van der Waals surface area contributed by atoms with Gasteiger partial charge >= 0.3 is 0 Å². The standard InChI is InChI=1S/C20H19N3O2/c1-3-13-6-8-14(9-7-13)15-11-16(24)21-19-17(15)20(25)22-18-12(2)5-4-10-23(18)19/h4-10,15H,3,11H2,1-2H3,(H,21,24)/t15-/m0/s1. The van der Waals surface area contributed by atoms with Crippen molar-refractivity contribution in [1.29, 1.82) is 0 Å². The van der Waals surface area contributed by atoms with Crippen molar-refractivity contribution in [2.75, 3.05) is 5.32 Å². The number of nitrogens with one attached hydrogen (secondary N) is 1. The molecule has 3 heterocycles. The van der Waals surface area contributed by atoms with Crippen LogP contribution in [0.2, 0.25) is 0 Å². The molecule has 0 radical (unpaired) electrons. The van der Waals surface area contributed by atoms with Crippen molar-refractivity contribution in [3.05, 3.63) is 75.2 Å². The molecule has 1 aromatic carbocycles. The molecule has 0 spiro atoms. The average molecular weight is 333 g/mol. The summed E-state index contributed by atoms with van der Waals surface area (Å²) in [5, 5.41) is 2.88. The molecule has 0 fully saturated rings. The van der Waals surface area contributed by atoms with Gasteiger partial charge in [-0.15, -0.1) is 0 Å². The number of amides is 1. The molecule has 0 bridgehead atoms. The van der Waals surface area contributed by atoms with Crippen LogP contribution in [0.5, 0.6) is 0 Å². The van der Waals surface area contributed by atoms with Crippen LogP contribution in [0.3, 0.4) is 0 Å². The van der Waals surface area contributed by atoms with Gasteiger partial charge in [0.05, 0.1) is 5.56 Å². The minimum absolute atomic E-state index is 0.0852. The maximum Gasteiger partial charge on any atom is 0.279 e. The number of rotatable bonds is 2. The van der Waals surface area contributed by atoms with Crippen LogP contribution in [0, 0.1) is 6.92 Å². The third-order valence-electron chi connectivity index (χ3n) is 4.88. The van der Waals surface area contributed by atoms with E-state index in [-0.39, 0.29) is 23.8 Å². The zero-order valence-corrected chi connectivity index (χ0v) is 14.2. The lowest BCUT2D eigenvalue weighted by molar-refractivity contribution is -0.116. The predicted molar refractivity (Wildman–Crippen MR) is 97.1 cm³/mol. The second-order valence-corrected chi connectivity index (χ2v) is 6.46. The third kappa shape index (κ3) is 2.52. The van der Waals surface area contributed by atoms with Gasteiger partial charge < -0.3 is 5.32 Å². The van der Waals surface area contributed by atoms with Crippen molar-refractivity contribution in [3.63, 3.8) is 0 Å². The molecule has 0 saturated heterocycles. The van der Waals surface area contributed by atoms with Crippen LogP contribution in [-0.4, -0.2) is 15.3 Å². The van der Waals surface area contributed by atoms with Gasteiger partial charge in [0.2, 0.25) is 5.91 Å². The third-order valence-corrected chi connectivity index (χ3v) is 4.88. The van der Waals surface area contributed by atoms with Crippen molar-refractivity contribution >= 4 is 17.4 Å². The van der Waals surface area contributed by atoms with Crippen LogP contribution in [-0.2, 0) is 11.2 Å². The summed E-state index contributed by atoms with van der Waals surface area (Å²) >= 11 is 0. The van der Waals surface area contributed by atoms with E-state index in [2.05, 4.69) is 29.4 Å². The molecule has 0 saturated carbocycles. The van der Waals surface area contributed by atoms with E-state index in [4.69, 9.17) is 0 Å². The molecule has 5 heteroatoms. The molecule has 1 N–H and O–H groups in total. The van der Waals surface area contributed by atoms with Gasteiger partial charge in [0.25, 0.3) is 5.56 Å². The largest absolute Gasteiger partial charge is 0.311 e. The number of fused-ring (bicyclic) bond motifs is 3. The van der Waals surface area contributed by atoms with Gasteiger partial charge in [-0.2, -0.15) is 4.98 Å². The summed E-state index contributed by atoms with van der Waals surface area (Å²) in [6, 6.07) is 11.9. The molecule has 1 amide bonds. The number of anilines is 1. The molecule has 4 rings (SSSR count). The van der Waals surface area contributed by atoms with Gasteiger partial charge in [-0.3, -0.25) is 14.0 Å². The Morgan fingerprint density at radius 3 is 2.68 bits per heavy atom. The fourth-order valence-electron chi connectivity index (χ4n) is 3.50. The molecule has 1 aliphatic heterocycles. The molecule has 126 valence electrons. The second kappa shape index (κ2) is 5.84. The monoisotopic (exact) mass is 333 g/mol. The van der Waals surface area contributed by atoms with Gasteiger partial charge in [0, 0.05) is 18.5 Å². The summed E-state index contributed by atoms with van der Waals surface area (Å²) in [5.41, 5.74) is 3.97. The number of pyridine rings is 1. The van der Waals surface area contributed by atoms with E-state index in [1.807, 2.05) is 37.4 Å². The second-order valence-electron chi connectivity index (χ2n) is 6.46. The SMILES string of the molecule is CCc1ccc([C@@H]2CC(=O)Nc3c2c(=O)nc2c(C)cccn32)cc1. The molecule has 25 heavy (non-hydrogen) atoms. The zero-order chi connectivity index (χ0) is 17.6. The molecule has 1 atom stereocenters. The van der Waals surface area contributed by atoms with Gasteiger partial charge in [0.1, 0.15) is 11.5 Å². The highest BCUT2D eigenvalue weighted by molar-refractivity contribution is 5.94. The summed E-state index contributed by atoms with van der Waals surface area (Å²) in [6.07, 6.45) is 3.04. The topological polar surface area (TPSA) is 63.5 Å². The van der Waals surface area contributed by atoms with Crippen LogP contribution in [0.4, 0.5) is 5.82 Å². The maximum absolute atomic E-state index is 12.8. The fraction of sp³-hybridized carbons (Fsp3) is 0.250. The van der Waals surface area contributed by atoms with Crippen molar-refractivity contribution in [2.45, 2.75) is 32.6 Å². The number of carbonyl (C=O) groups is 1. The number of hydrogen-bond acceptors (Lipinski definition) is 3. The fourth-order valence-corrected chi connectivity index (χ4v) is 3.50. The van der Waals surface area contributed by atoms with E-state index in [9.17, 15) is 9.59 Å². The van der Waals surface area contributed by atoms with E-state index in [1.54, 1.807) is 4.40 Å². The first-order valence-corrected chi connectivity index (χ1v) is 8.49. The molecule has 5 nitrogen and oxygen atoms in total. The molecular weight excluding hydrogens is 314 g/mol. The molecule has 1 aliphatic rings. The number of carbonyl (C=O) groups excluding carboxylic acids is 1. The maximum atomic E-state index is 12.8. The number of nitrogens with zero attached hydrogens (tertiary/aromatic N) is 2. The Labute approximate surface area is 145 Å². The number of aryl methyl sites for hydroxylation is 2. The van der Waals surface area contributed by atoms with Gasteiger partial charge in [0.15, 0.2) is 0 Å². The Bertz CT molecular complexity index is 1040. The van der Waals surface area contributed by atoms with Crippen LogP contribution in [0.1, 0.15) is 41.5 Å². The highest BCUT2D eigenvalue weighted by Crippen LogP contribution is 2.35. The zero-order valence-electron chi connectivity index (χ0n) is 14.2. The van der Waals surface area contributed by atoms with Crippen molar-refractivity contribution in [2.24, 2.45) is 0 Å². The summed E-state index contributed by atoms with van der Waals surface area (Å²) < 4.78 is 1.80. The summed E-state index contributed by atoms with van der Waals surface area (Å²) in [4.78, 5) is 29.4. The summed E-state index contributed by atoms with van der Waals surface area (Å²) in [7, 11) is 0. The molecule has 0 aliphatic carbocycles. The summed E-state index contributed by atoms with van der Waals surface area (Å²) in [5.74, 6) is 0.185. The molecular formula is C20H19N3O2. The predicted octanol–water partition coefficient (Wildman–Crippen LogP) is 3.04. The Balaban J connectivity index is 1.96. The van der Waals surface area contributed by atoms with Gasteiger partial charge in [-0.05, 0) is 36.1 Å². The van der Waals surface area contributed by atoms with Crippen LogP contribution in [0.15, 0.2) is 47.4 Å². The van der Waals surface area contributed by atoms with E-state index in [0.29, 0.717) is 17.0 Å².